The number of esters is 1. The molecule has 0 N–H and O–H groups in total. The Bertz CT molecular complexity index is 1030. The minimum atomic E-state index is -0.478. The summed E-state index contributed by atoms with van der Waals surface area (Å²) in [6, 6.07) is 15.0. The fraction of sp³-hybridized carbons (Fsp3) is 0.182. The first-order valence-electron chi connectivity index (χ1n) is 8.79. The molecule has 0 unspecified atom stereocenters. The van der Waals surface area contributed by atoms with Gasteiger partial charge >= 0.3 is 5.97 Å². The van der Waals surface area contributed by atoms with Gasteiger partial charge in [-0.15, -0.1) is 11.3 Å². The number of aryl methyl sites for hydroxylation is 1. The van der Waals surface area contributed by atoms with Crippen LogP contribution in [0.1, 0.15) is 16.0 Å². The molecule has 3 aromatic rings. The highest BCUT2D eigenvalue weighted by atomic mass is 35.5. The van der Waals surface area contributed by atoms with E-state index in [-0.39, 0.29) is 6.61 Å². The number of ether oxygens (including phenoxy) is 3. The second kappa shape index (κ2) is 9.58. The van der Waals surface area contributed by atoms with Crippen molar-refractivity contribution in [3.8, 4) is 16.5 Å². The van der Waals surface area contributed by atoms with Crippen LogP contribution in [0.3, 0.4) is 0 Å². The fourth-order valence-corrected chi connectivity index (χ4v) is 3.73. The van der Waals surface area contributed by atoms with Crippen molar-refractivity contribution >= 4 is 34.5 Å². The molecule has 0 atom stereocenters. The maximum absolute atomic E-state index is 12.1. The number of hydrogen-bond acceptors (Lipinski definition) is 6. The van der Waals surface area contributed by atoms with Gasteiger partial charge < -0.3 is 14.2 Å². The second-order valence-electron chi connectivity index (χ2n) is 6.09. The summed E-state index contributed by atoms with van der Waals surface area (Å²) in [7, 11) is 2.82. The molecule has 1 heterocycles. The number of nitrogens with zero attached hydrogens (tertiary/aromatic N) is 1. The Hall–Kier alpha value is -2.83. The zero-order chi connectivity index (χ0) is 20.8. The SMILES string of the molecule is COC=C(C(=O)OC)c1ccccc1COc1nc(-c2ccc(Cl)cc2)sc1C. The number of methoxy groups -OCH3 is 2. The molecular formula is C22H20ClNO4S. The van der Waals surface area contributed by atoms with Gasteiger partial charge in [-0.05, 0) is 30.2 Å². The summed E-state index contributed by atoms with van der Waals surface area (Å²) < 4.78 is 15.9. The molecule has 2 aromatic carbocycles. The smallest absolute Gasteiger partial charge is 0.341 e. The van der Waals surface area contributed by atoms with Crippen LogP contribution in [-0.4, -0.2) is 25.2 Å². The first kappa shape index (κ1) is 20.9. The summed E-state index contributed by atoms with van der Waals surface area (Å²) in [5.41, 5.74) is 2.81. The molecule has 150 valence electrons. The first-order chi connectivity index (χ1) is 14.0. The van der Waals surface area contributed by atoms with Crippen LogP contribution >= 0.6 is 22.9 Å². The average molecular weight is 430 g/mol. The highest BCUT2D eigenvalue weighted by Crippen LogP contribution is 2.33. The van der Waals surface area contributed by atoms with Crippen molar-refractivity contribution < 1.29 is 19.0 Å². The molecule has 0 fully saturated rings. The number of benzene rings is 2. The van der Waals surface area contributed by atoms with E-state index >= 15 is 0 Å². The van der Waals surface area contributed by atoms with Crippen LogP contribution in [0.25, 0.3) is 16.1 Å². The Balaban J connectivity index is 1.83. The van der Waals surface area contributed by atoms with E-state index in [9.17, 15) is 4.79 Å². The highest BCUT2D eigenvalue weighted by Gasteiger charge is 2.18. The monoisotopic (exact) mass is 429 g/mol. The number of aromatic nitrogens is 1. The normalized spacial score (nSPS) is 11.2. The molecule has 7 heteroatoms. The zero-order valence-corrected chi connectivity index (χ0v) is 17.8. The number of hydrogen-bond donors (Lipinski definition) is 0. The third-order valence-electron chi connectivity index (χ3n) is 4.16. The second-order valence-corrected chi connectivity index (χ2v) is 7.73. The minimum absolute atomic E-state index is 0.249. The van der Waals surface area contributed by atoms with Gasteiger partial charge in [0.2, 0.25) is 5.88 Å². The summed E-state index contributed by atoms with van der Waals surface area (Å²) in [5.74, 6) is 0.0826. The van der Waals surface area contributed by atoms with E-state index in [0.717, 1.165) is 21.0 Å². The van der Waals surface area contributed by atoms with Crippen molar-refractivity contribution in [1.29, 1.82) is 0 Å². The van der Waals surface area contributed by atoms with Gasteiger partial charge in [0.05, 0.1) is 25.4 Å². The van der Waals surface area contributed by atoms with Crippen LogP contribution in [-0.2, 0) is 20.9 Å². The molecule has 0 aliphatic carbocycles. The van der Waals surface area contributed by atoms with Crippen molar-refractivity contribution in [2.45, 2.75) is 13.5 Å². The van der Waals surface area contributed by atoms with Crippen LogP contribution in [0.5, 0.6) is 5.88 Å². The summed E-state index contributed by atoms with van der Waals surface area (Å²) in [6.07, 6.45) is 1.37. The number of carbonyl (C=O) groups is 1. The lowest BCUT2D eigenvalue weighted by Gasteiger charge is -2.12. The van der Waals surface area contributed by atoms with Crippen LogP contribution in [0.2, 0.25) is 5.02 Å². The van der Waals surface area contributed by atoms with E-state index in [1.165, 1.54) is 20.5 Å². The van der Waals surface area contributed by atoms with Gasteiger partial charge in [0.25, 0.3) is 0 Å². The molecule has 29 heavy (non-hydrogen) atoms. The standard InChI is InChI=1S/C22H20ClNO4S/c1-14-20(24-21(29-14)15-8-10-17(23)11-9-15)28-12-16-6-4-5-7-18(16)19(13-26-2)22(25)27-3/h4-11,13H,12H2,1-3H3. The lowest BCUT2D eigenvalue weighted by molar-refractivity contribution is -0.133. The fourth-order valence-electron chi connectivity index (χ4n) is 2.74. The molecule has 0 saturated heterocycles. The molecule has 3 rings (SSSR count). The van der Waals surface area contributed by atoms with E-state index in [0.29, 0.717) is 22.0 Å². The Morgan fingerprint density at radius 2 is 1.86 bits per heavy atom. The Morgan fingerprint density at radius 1 is 1.14 bits per heavy atom. The van der Waals surface area contributed by atoms with Crippen LogP contribution < -0.4 is 4.74 Å². The van der Waals surface area contributed by atoms with Crippen LogP contribution in [0, 0.1) is 6.92 Å². The van der Waals surface area contributed by atoms with Gasteiger partial charge in [0.1, 0.15) is 17.2 Å². The maximum Gasteiger partial charge on any atom is 0.341 e. The molecule has 0 spiro atoms. The third kappa shape index (κ3) is 4.96. The first-order valence-corrected chi connectivity index (χ1v) is 9.98. The van der Waals surface area contributed by atoms with Crippen molar-refractivity contribution in [1.82, 2.24) is 4.98 Å². The summed E-state index contributed by atoms with van der Waals surface area (Å²) in [4.78, 5) is 17.7. The largest absolute Gasteiger partial charge is 0.503 e. The molecule has 5 nitrogen and oxygen atoms in total. The summed E-state index contributed by atoms with van der Waals surface area (Å²) >= 11 is 7.51. The molecule has 0 bridgehead atoms. The van der Waals surface area contributed by atoms with Crippen molar-refractivity contribution in [2.24, 2.45) is 0 Å². The molecule has 0 radical (unpaired) electrons. The molecule has 0 saturated carbocycles. The molecule has 0 aliphatic rings. The predicted octanol–water partition coefficient (Wildman–Crippen LogP) is 5.51. The minimum Gasteiger partial charge on any atom is -0.503 e. The van der Waals surface area contributed by atoms with Crippen molar-refractivity contribution in [3.63, 3.8) is 0 Å². The van der Waals surface area contributed by atoms with Gasteiger partial charge in [-0.1, -0.05) is 48.0 Å². The van der Waals surface area contributed by atoms with E-state index < -0.39 is 5.97 Å². The van der Waals surface area contributed by atoms with Gasteiger partial charge in [-0.2, -0.15) is 0 Å². The number of carbonyl (C=O) groups excluding carboxylic acids is 1. The van der Waals surface area contributed by atoms with E-state index in [4.69, 9.17) is 25.8 Å². The van der Waals surface area contributed by atoms with E-state index in [2.05, 4.69) is 4.98 Å². The van der Waals surface area contributed by atoms with Crippen molar-refractivity contribution in [3.05, 3.63) is 75.8 Å². The van der Waals surface area contributed by atoms with Crippen LogP contribution in [0.15, 0.2) is 54.8 Å². The highest BCUT2D eigenvalue weighted by molar-refractivity contribution is 7.15. The summed E-state index contributed by atoms with van der Waals surface area (Å²) in [5, 5.41) is 1.54. The molecular weight excluding hydrogens is 410 g/mol. The van der Waals surface area contributed by atoms with Crippen LogP contribution in [0.4, 0.5) is 0 Å². The van der Waals surface area contributed by atoms with E-state index in [1.807, 2.05) is 55.5 Å². The van der Waals surface area contributed by atoms with Crippen molar-refractivity contribution in [2.75, 3.05) is 14.2 Å². The number of rotatable bonds is 7. The molecule has 0 amide bonds. The quantitative estimate of drug-likeness (QED) is 0.281. The molecule has 0 aliphatic heterocycles. The predicted molar refractivity (Wildman–Crippen MR) is 115 cm³/mol. The zero-order valence-electron chi connectivity index (χ0n) is 16.3. The van der Waals surface area contributed by atoms with Gasteiger partial charge in [0, 0.05) is 10.6 Å². The number of halogens is 1. The maximum atomic E-state index is 12.1. The van der Waals surface area contributed by atoms with Gasteiger partial charge in [0.15, 0.2) is 0 Å². The molecule has 1 aromatic heterocycles. The van der Waals surface area contributed by atoms with Gasteiger partial charge in [-0.25, -0.2) is 9.78 Å². The van der Waals surface area contributed by atoms with Gasteiger partial charge in [-0.3, -0.25) is 0 Å². The Labute approximate surface area is 178 Å². The third-order valence-corrected chi connectivity index (χ3v) is 5.41. The van der Waals surface area contributed by atoms with E-state index in [1.54, 1.807) is 11.3 Å². The lowest BCUT2D eigenvalue weighted by Crippen LogP contribution is -2.08. The summed E-state index contributed by atoms with van der Waals surface area (Å²) in [6.45, 7) is 2.21. The number of thiazole rings is 1. The lowest BCUT2D eigenvalue weighted by atomic mass is 10.0. The Morgan fingerprint density at radius 3 is 2.55 bits per heavy atom. The Kier molecular flexibility index (Phi) is 6.90. The topological polar surface area (TPSA) is 57.7 Å². The average Bonchev–Trinajstić information content (AvgIpc) is 3.11.